The number of ketones is 1. The Hall–Kier alpha value is -3.54. The molecule has 0 saturated carbocycles. The van der Waals surface area contributed by atoms with E-state index in [2.05, 4.69) is 34.2 Å². The van der Waals surface area contributed by atoms with E-state index in [-0.39, 0.29) is 17.6 Å². The second-order valence-corrected chi connectivity index (χ2v) is 8.90. The largest absolute Gasteiger partial charge is 0.337 e. The molecule has 1 aliphatic heterocycles. The molecule has 6 nitrogen and oxygen atoms in total. The maximum absolute atomic E-state index is 13.6. The monoisotopic (exact) mass is 424 g/mol. The predicted molar refractivity (Wildman–Crippen MR) is 122 cm³/mol. The highest BCUT2D eigenvalue weighted by atomic mass is 16.2. The Labute approximate surface area is 185 Å². The number of benzene rings is 2. The Morgan fingerprint density at radius 1 is 1.06 bits per heavy atom. The van der Waals surface area contributed by atoms with Gasteiger partial charge in [-0.25, -0.2) is 9.97 Å². The zero-order valence-electron chi connectivity index (χ0n) is 18.0. The van der Waals surface area contributed by atoms with Gasteiger partial charge in [-0.05, 0) is 60.6 Å². The van der Waals surface area contributed by atoms with E-state index in [1.807, 2.05) is 24.1 Å². The average Bonchev–Trinajstić information content (AvgIpc) is 3.40. The molecule has 6 rings (SSSR count). The van der Waals surface area contributed by atoms with Gasteiger partial charge >= 0.3 is 0 Å². The molecule has 0 radical (unpaired) electrons. The molecular formula is C26H24N4O2. The summed E-state index contributed by atoms with van der Waals surface area (Å²) in [4.78, 5) is 37.5. The van der Waals surface area contributed by atoms with Gasteiger partial charge in [-0.3, -0.25) is 14.0 Å². The molecular weight excluding hydrogens is 400 g/mol. The van der Waals surface area contributed by atoms with E-state index >= 15 is 0 Å². The fourth-order valence-corrected chi connectivity index (χ4v) is 5.46. The molecule has 3 heterocycles. The number of likely N-dealkylation sites (tertiary alicyclic amines) is 1. The van der Waals surface area contributed by atoms with Crippen LogP contribution in [0.4, 0.5) is 0 Å². The molecule has 1 saturated heterocycles. The second-order valence-electron chi connectivity index (χ2n) is 8.90. The Morgan fingerprint density at radius 2 is 1.91 bits per heavy atom. The molecule has 1 aliphatic carbocycles. The van der Waals surface area contributed by atoms with Crippen LogP contribution >= 0.6 is 0 Å². The minimum atomic E-state index is -0.191. The lowest BCUT2D eigenvalue weighted by Crippen LogP contribution is -2.43. The molecule has 1 unspecified atom stereocenters. The van der Waals surface area contributed by atoms with E-state index in [0.717, 1.165) is 36.6 Å². The summed E-state index contributed by atoms with van der Waals surface area (Å²) in [5.41, 5.74) is 4.66. The third kappa shape index (κ3) is 2.86. The number of carbonyl (C=O) groups excluding carboxylic acids is 2. The number of aromatic nitrogens is 3. The molecule has 2 aliphatic rings. The van der Waals surface area contributed by atoms with Crippen molar-refractivity contribution in [3.8, 4) is 0 Å². The summed E-state index contributed by atoms with van der Waals surface area (Å²) in [5, 5.41) is 2.32. The fourth-order valence-electron chi connectivity index (χ4n) is 5.46. The maximum Gasteiger partial charge on any atom is 0.272 e. The van der Waals surface area contributed by atoms with Crippen LogP contribution in [0.2, 0.25) is 0 Å². The zero-order valence-corrected chi connectivity index (χ0v) is 18.0. The number of aryl methyl sites for hydroxylation is 3. The van der Waals surface area contributed by atoms with E-state index in [1.165, 1.54) is 16.5 Å². The van der Waals surface area contributed by atoms with E-state index in [1.54, 1.807) is 16.7 Å². The van der Waals surface area contributed by atoms with Crippen LogP contribution in [0.1, 0.15) is 50.5 Å². The summed E-state index contributed by atoms with van der Waals surface area (Å²) in [6, 6.07) is 12.2. The van der Waals surface area contributed by atoms with Crippen molar-refractivity contribution < 1.29 is 9.59 Å². The van der Waals surface area contributed by atoms with Crippen LogP contribution in [-0.2, 0) is 12.8 Å². The quantitative estimate of drug-likeness (QED) is 0.466. The Kier molecular flexibility index (Phi) is 4.35. The first-order valence-electron chi connectivity index (χ1n) is 11.3. The number of amides is 1. The summed E-state index contributed by atoms with van der Waals surface area (Å²) in [7, 11) is 0. The van der Waals surface area contributed by atoms with Gasteiger partial charge in [0.2, 0.25) is 5.78 Å². The van der Waals surface area contributed by atoms with Crippen LogP contribution in [0.15, 0.2) is 48.8 Å². The molecule has 1 atom stereocenters. The first kappa shape index (κ1) is 19.2. The van der Waals surface area contributed by atoms with Crippen molar-refractivity contribution >= 4 is 28.2 Å². The molecule has 160 valence electrons. The highest BCUT2D eigenvalue weighted by Gasteiger charge is 2.32. The van der Waals surface area contributed by atoms with Gasteiger partial charge in [-0.2, -0.15) is 0 Å². The minimum absolute atomic E-state index is 0.0825. The maximum atomic E-state index is 13.6. The summed E-state index contributed by atoms with van der Waals surface area (Å²) < 4.78 is 1.74. The molecule has 0 N–H and O–H groups in total. The number of hydrogen-bond donors (Lipinski definition) is 0. The Bertz CT molecular complexity index is 1390. The molecule has 0 spiro atoms. The van der Waals surface area contributed by atoms with Crippen molar-refractivity contribution in [1.82, 2.24) is 19.3 Å². The van der Waals surface area contributed by atoms with Crippen LogP contribution in [0.25, 0.3) is 16.6 Å². The van der Waals surface area contributed by atoms with Crippen LogP contribution in [0.3, 0.4) is 0 Å². The number of carbonyl (C=O) groups is 2. The van der Waals surface area contributed by atoms with Crippen molar-refractivity contribution in [2.24, 2.45) is 5.92 Å². The average molecular weight is 425 g/mol. The SMILES string of the molecule is Cc1nc2ncccn2c1C(=O)N1CCCC(C(=O)c2ccc3c4c(cccc24)CC3)C1. The van der Waals surface area contributed by atoms with E-state index in [4.69, 9.17) is 0 Å². The van der Waals surface area contributed by atoms with Crippen molar-refractivity contribution in [2.75, 3.05) is 13.1 Å². The van der Waals surface area contributed by atoms with Gasteiger partial charge in [-0.15, -0.1) is 0 Å². The van der Waals surface area contributed by atoms with Crippen molar-refractivity contribution in [3.05, 3.63) is 76.9 Å². The van der Waals surface area contributed by atoms with E-state index < -0.39 is 0 Å². The number of hydrogen-bond acceptors (Lipinski definition) is 4. The number of rotatable bonds is 3. The van der Waals surface area contributed by atoms with Gasteiger partial charge in [0.25, 0.3) is 5.91 Å². The number of nitrogens with zero attached hydrogens (tertiary/aromatic N) is 4. The number of fused-ring (bicyclic) bond motifs is 1. The van der Waals surface area contributed by atoms with Gasteiger partial charge in [0.15, 0.2) is 5.78 Å². The molecule has 1 amide bonds. The van der Waals surface area contributed by atoms with Crippen molar-refractivity contribution in [1.29, 1.82) is 0 Å². The number of Topliss-reactive ketones (excluding diaryl/α,β-unsaturated/α-hetero) is 1. The molecule has 0 bridgehead atoms. The first-order valence-corrected chi connectivity index (χ1v) is 11.3. The summed E-state index contributed by atoms with van der Waals surface area (Å²) in [6.45, 7) is 2.92. The number of piperidine rings is 1. The lowest BCUT2D eigenvalue weighted by molar-refractivity contribution is 0.0631. The third-order valence-corrected chi connectivity index (χ3v) is 7.00. The predicted octanol–water partition coefficient (Wildman–Crippen LogP) is 4.02. The summed E-state index contributed by atoms with van der Waals surface area (Å²) in [6.07, 6.45) is 7.20. The molecule has 1 fully saturated rings. The van der Waals surface area contributed by atoms with Crippen LogP contribution in [0, 0.1) is 12.8 Å². The fraction of sp³-hybridized carbons (Fsp3) is 0.308. The molecule has 2 aromatic heterocycles. The van der Waals surface area contributed by atoms with Gasteiger partial charge in [0, 0.05) is 37.0 Å². The third-order valence-electron chi connectivity index (χ3n) is 7.00. The summed E-state index contributed by atoms with van der Waals surface area (Å²) in [5.74, 6) is 0.394. The molecule has 6 heteroatoms. The first-order chi connectivity index (χ1) is 15.6. The van der Waals surface area contributed by atoms with E-state index in [0.29, 0.717) is 30.3 Å². The van der Waals surface area contributed by atoms with Crippen molar-refractivity contribution in [3.63, 3.8) is 0 Å². The highest BCUT2D eigenvalue weighted by Crippen LogP contribution is 2.34. The van der Waals surface area contributed by atoms with Gasteiger partial charge in [0.05, 0.1) is 5.69 Å². The van der Waals surface area contributed by atoms with Crippen LogP contribution in [0.5, 0.6) is 0 Å². The summed E-state index contributed by atoms with van der Waals surface area (Å²) >= 11 is 0. The lowest BCUT2D eigenvalue weighted by Gasteiger charge is -2.32. The second kappa shape index (κ2) is 7.26. The van der Waals surface area contributed by atoms with E-state index in [9.17, 15) is 9.59 Å². The minimum Gasteiger partial charge on any atom is -0.337 e. The normalized spacial score (nSPS) is 17.9. The number of imidazole rings is 1. The lowest BCUT2D eigenvalue weighted by atomic mass is 9.87. The van der Waals surface area contributed by atoms with Crippen LogP contribution < -0.4 is 0 Å². The van der Waals surface area contributed by atoms with Gasteiger partial charge in [-0.1, -0.05) is 30.3 Å². The zero-order chi connectivity index (χ0) is 21.8. The molecule has 2 aromatic carbocycles. The highest BCUT2D eigenvalue weighted by molar-refractivity contribution is 6.11. The van der Waals surface area contributed by atoms with Gasteiger partial charge < -0.3 is 4.90 Å². The smallest absolute Gasteiger partial charge is 0.272 e. The molecule has 4 aromatic rings. The van der Waals surface area contributed by atoms with Gasteiger partial charge in [0.1, 0.15) is 5.69 Å². The standard InChI is InChI=1S/C26H24N4O2/c1-16-23(30-14-4-12-27-26(30)28-16)25(32)29-13-3-6-19(15-29)24(31)21-11-10-18-9-8-17-5-2-7-20(21)22(17)18/h2,4-5,7,10-12,14,19H,3,6,8-9,13,15H2,1H3. The van der Waals surface area contributed by atoms with Crippen molar-refractivity contribution in [2.45, 2.75) is 32.6 Å². The Morgan fingerprint density at radius 3 is 2.78 bits per heavy atom. The van der Waals surface area contributed by atoms with Crippen LogP contribution in [-0.4, -0.2) is 44.0 Å². The Balaban J connectivity index is 1.31. The topological polar surface area (TPSA) is 67.6 Å². The molecule has 32 heavy (non-hydrogen) atoms.